The first-order chi connectivity index (χ1) is 10.5. The maximum atomic E-state index is 12.2. The Morgan fingerprint density at radius 2 is 1.57 bits per heavy atom. The normalized spacial score (nSPS) is 13.5. The molecule has 0 fully saturated rings. The lowest BCUT2D eigenvalue weighted by atomic mass is 9.89. The monoisotopic (exact) mass is 318 g/mol. The number of carbonyl (C=O) groups is 2. The maximum Gasteiger partial charge on any atom is 0.228 e. The number of carbonyl (C=O) groups excluding carboxylic acids is 2. The van der Waals surface area contributed by atoms with Gasteiger partial charge in [0.25, 0.3) is 0 Å². The van der Waals surface area contributed by atoms with Gasteiger partial charge in [0.1, 0.15) is 5.78 Å². The Morgan fingerprint density at radius 3 is 2.04 bits per heavy atom. The molecule has 0 aliphatic heterocycles. The Kier molecular flexibility index (Phi) is 6.51. The number of hydrogen-bond acceptors (Lipinski definition) is 3. The van der Waals surface area contributed by atoms with Crippen LogP contribution >= 0.6 is 0 Å². The van der Waals surface area contributed by atoms with Crippen molar-refractivity contribution in [1.82, 2.24) is 10.6 Å². The largest absolute Gasteiger partial charge is 0.340 e. The highest BCUT2D eigenvalue weighted by Gasteiger charge is 2.25. The summed E-state index contributed by atoms with van der Waals surface area (Å²) in [7, 11) is 0. The molecule has 2 N–H and O–H groups in total. The van der Waals surface area contributed by atoms with Gasteiger partial charge in [0.2, 0.25) is 5.91 Å². The average Bonchev–Trinajstić information content (AvgIpc) is 2.36. The maximum absolute atomic E-state index is 12.2. The molecule has 23 heavy (non-hydrogen) atoms. The summed E-state index contributed by atoms with van der Waals surface area (Å²) in [5, 5.41) is 6.36. The Morgan fingerprint density at radius 1 is 1.00 bits per heavy atom. The van der Waals surface area contributed by atoms with Gasteiger partial charge in [-0.1, -0.05) is 51.1 Å². The van der Waals surface area contributed by atoms with Gasteiger partial charge < -0.3 is 5.32 Å². The van der Waals surface area contributed by atoms with Gasteiger partial charge in [-0.15, -0.1) is 0 Å². The van der Waals surface area contributed by atoms with Gasteiger partial charge in [-0.25, -0.2) is 0 Å². The van der Waals surface area contributed by atoms with Gasteiger partial charge in [-0.2, -0.15) is 0 Å². The standard InChI is InChI=1S/C19H30N2O2/c1-18(2,3)15(22)13-17(23)20-16(21-19(4,5)6)12-14-10-8-7-9-11-14/h7-11,16,21H,12-13H2,1-6H3,(H,20,23)/t16-/m0/s1. The van der Waals surface area contributed by atoms with E-state index in [4.69, 9.17) is 0 Å². The fourth-order valence-electron chi connectivity index (χ4n) is 2.17. The molecule has 4 heteroatoms. The molecule has 0 bridgehead atoms. The Bertz CT molecular complexity index is 525. The summed E-state index contributed by atoms with van der Waals surface area (Å²) < 4.78 is 0. The molecular weight excluding hydrogens is 288 g/mol. The van der Waals surface area contributed by atoms with Crippen LogP contribution in [0.25, 0.3) is 0 Å². The van der Waals surface area contributed by atoms with Crippen LogP contribution in [0, 0.1) is 5.41 Å². The summed E-state index contributed by atoms with van der Waals surface area (Å²) in [6.45, 7) is 11.7. The molecule has 0 saturated heterocycles. The molecule has 0 aromatic heterocycles. The molecule has 0 spiro atoms. The summed E-state index contributed by atoms with van der Waals surface area (Å²) in [5.74, 6) is -0.285. The van der Waals surface area contributed by atoms with Crippen LogP contribution in [0.2, 0.25) is 0 Å². The molecule has 1 aromatic rings. The summed E-state index contributed by atoms with van der Waals surface area (Å²) in [6.07, 6.45) is 0.381. The quantitative estimate of drug-likeness (QED) is 0.626. The lowest BCUT2D eigenvalue weighted by Gasteiger charge is -2.29. The topological polar surface area (TPSA) is 58.2 Å². The Balaban J connectivity index is 2.73. The molecule has 0 radical (unpaired) electrons. The third kappa shape index (κ3) is 7.93. The highest BCUT2D eigenvalue weighted by atomic mass is 16.2. The van der Waals surface area contributed by atoms with Gasteiger partial charge in [-0.3, -0.25) is 14.9 Å². The third-order valence-corrected chi connectivity index (χ3v) is 3.38. The number of Topliss-reactive ketones (excluding diaryl/α,β-unsaturated/α-hetero) is 1. The van der Waals surface area contributed by atoms with Gasteiger partial charge >= 0.3 is 0 Å². The Labute approximate surface area is 140 Å². The van der Waals surface area contributed by atoms with Crippen molar-refractivity contribution < 1.29 is 9.59 Å². The summed E-state index contributed by atoms with van der Waals surface area (Å²) in [4.78, 5) is 24.2. The molecule has 0 aliphatic rings. The lowest BCUT2D eigenvalue weighted by molar-refractivity contribution is -0.133. The molecule has 128 valence electrons. The highest BCUT2D eigenvalue weighted by molar-refractivity contribution is 6.00. The van der Waals surface area contributed by atoms with E-state index in [1.54, 1.807) is 0 Å². The van der Waals surface area contributed by atoms with Crippen LogP contribution < -0.4 is 10.6 Å². The van der Waals surface area contributed by atoms with Gasteiger partial charge in [-0.05, 0) is 26.3 Å². The first kappa shape index (κ1) is 19.4. The molecule has 0 heterocycles. The third-order valence-electron chi connectivity index (χ3n) is 3.38. The van der Waals surface area contributed by atoms with E-state index < -0.39 is 5.41 Å². The van der Waals surface area contributed by atoms with E-state index in [2.05, 4.69) is 31.4 Å². The van der Waals surface area contributed by atoms with Crippen LogP contribution in [0.15, 0.2) is 30.3 Å². The molecule has 0 unspecified atom stereocenters. The fraction of sp³-hybridized carbons (Fsp3) is 0.579. The van der Waals surface area contributed by atoms with Crippen LogP contribution in [-0.2, 0) is 16.0 Å². The van der Waals surface area contributed by atoms with Crippen molar-refractivity contribution >= 4 is 11.7 Å². The number of rotatable bonds is 6. The number of amides is 1. The van der Waals surface area contributed by atoms with Crippen LogP contribution in [0.5, 0.6) is 0 Å². The van der Waals surface area contributed by atoms with Crippen molar-refractivity contribution in [2.24, 2.45) is 5.41 Å². The van der Waals surface area contributed by atoms with Gasteiger partial charge in [0.15, 0.2) is 0 Å². The predicted octanol–water partition coefficient (Wildman–Crippen LogP) is 3.06. The number of benzene rings is 1. The molecular formula is C19H30N2O2. The van der Waals surface area contributed by atoms with Crippen LogP contribution in [0.1, 0.15) is 53.5 Å². The number of ketones is 1. The summed E-state index contributed by atoms with van der Waals surface area (Å²) in [6, 6.07) is 9.99. The molecule has 4 nitrogen and oxygen atoms in total. The number of hydrogen-bond donors (Lipinski definition) is 2. The predicted molar refractivity (Wildman–Crippen MR) is 94.0 cm³/mol. The van der Waals surface area contributed by atoms with Crippen molar-refractivity contribution in [3.05, 3.63) is 35.9 Å². The van der Waals surface area contributed by atoms with E-state index in [1.807, 2.05) is 51.1 Å². The van der Waals surface area contributed by atoms with Crippen molar-refractivity contribution in [1.29, 1.82) is 0 Å². The fourth-order valence-corrected chi connectivity index (χ4v) is 2.17. The van der Waals surface area contributed by atoms with Crippen molar-refractivity contribution in [3.8, 4) is 0 Å². The van der Waals surface area contributed by atoms with E-state index in [0.29, 0.717) is 6.42 Å². The molecule has 1 aromatic carbocycles. The minimum Gasteiger partial charge on any atom is -0.340 e. The van der Waals surface area contributed by atoms with E-state index >= 15 is 0 Å². The Hall–Kier alpha value is -1.68. The van der Waals surface area contributed by atoms with Crippen LogP contribution in [0.3, 0.4) is 0 Å². The van der Waals surface area contributed by atoms with Crippen molar-refractivity contribution in [3.63, 3.8) is 0 Å². The zero-order valence-electron chi connectivity index (χ0n) is 15.2. The van der Waals surface area contributed by atoms with Crippen molar-refractivity contribution in [2.75, 3.05) is 0 Å². The lowest BCUT2D eigenvalue weighted by Crippen LogP contribution is -2.54. The first-order valence-electron chi connectivity index (χ1n) is 8.12. The smallest absolute Gasteiger partial charge is 0.228 e. The van der Waals surface area contributed by atoms with Gasteiger partial charge in [0.05, 0.1) is 12.6 Å². The SMILES string of the molecule is CC(C)(C)N[C@@H](Cc1ccccc1)NC(=O)CC(=O)C(C)(C)C. The second-order valence-corrected chi connectivity index (χ2v) is 8.05. The molecule has 1 atom stereocenters. The van der Waals surface area contributed by atoms with Crippen LogP contribution in [0.4, 0.5) is 0 Å². The van der Waals surface area contributed by atoms with E-state index in [1.165, 1.54) is 0 Å². The first-order valence-corrected chi connectivity index (χ1v) is 8.12. The molecule has 1 rings (SSSR count). The highest BCUT2D eigenvalue weighted by Crippen LogP contribution is 2.16. The van der Waals surface area contributed by atoms with E-state index in [-0.39, 0.29) is 29.8 Å². The van der Waals surface area contributed by atoms with Crippen LogP contribution in [-0.4, -0.2) is 23.4 Å². The number of nitrogens with one attached hydrogen (secondary N) is 2. The van der Waals surface area contributed by atoms with E-state index in [9.17, 15) is 9.59 Å². The second-order valence-electron chi connectivity index (χ2n) is 8.05. The average molecular weight is 318 g/mol. The second kappa shape index (κ2) is 7.73. The van der Waals surface area contributed by atoms with Gasteiger partial charge in [0, 0.05) is 17.4 Å². The summed E-state index contributed by atoms with van der Waals surface area (Å²) in [5.41, 5.74) is 0.501. The molecule has 0 aliphatic carbocycles. The molecule has 1 amide bonds. The summed E-state index contributed by atoms with van der Waals surface area (Å²) >= 11 is 0. The van der Waals surface area contributed by atoms with E-state index in [0.717, 1.165) is 5.56 Å². The minimum absolute atomic E-state index is 0.0516. The minimum atomic E-state index is -0.496. The zero-order valence-corrected chi connectivity index (χ0v) is 15.2. The zero-order chi connectivity index (χ0) is 17.7. The molecule has 0 saturated carbocycles. The van der Waals surface area contributed by atoms with Crippen molar-refractivity contribution in [2.45, 2.75) is 66.1 Å².